The Morgan fingerprint density at radius 3 is 2.44 bits per heavy atom. The van der Waals surface area contributed by atoms with E-state index in [0.29, 0.717) is 6.42 Å². The van der Waals surface area contributed by atoms with Crippen molar-refractivity contribution in [3.63, 3.8) is 0 Å². The second kappa shape index (κ2) is 10.9. The Balaban J connectivity index is 0. The Bertz CT molecular complexity index is 171. The quantitative estimate of drug-likeness (QED) is 0.787. The summed E-state index contributed by atoms with van der Waals surface area (Å²) in [4.78, 5) is 13.6. The van der Waals surface area contributed by atoms with Gasteiger partial charge in [-0.25, -0.2) is 0 Å². The summed E-state index contributed by atoms with van der Waals surface area (Å²) < 4.78 is 0. The number of rotatable bonds is 5. The van der Waals surface area contributed by atoms with Crippen molar-refractivity contribution >= 4 is 5.91 Å². The van der Waals surface area contributed by atoms with Gasteiger partial charge in [-0.2, -0.15) is 0 Å². The molecular weight excluding hydrogens is 200 g/mol. The second-order valence-electron chi connectivity index (χ2n) is 3.96. The molecular formula is C13H30N2O. The van der Waals surface area contributed by atoms with Crippen LogP contribution in [-0.4, -0.2) is 37.0 Å². The van der Waals surface area contributed by atoms with Gasteiger partial charge in [-0.3, -0.25) is 4.79 Å². The molecule has 1 aliphatic rings. The first-order chi connectivity index (χ1) is 7.83. The Labute approximate surface area is 102 Å². The highest BCUT2D eigenvalue weighted by Gasteiger charge is 2.09. The highest BCUT2D eigenvalue weighted by molar-refractivity contribution is 5.75. The fraction of sp³-hybridized carbons (Fsp3) is 0.923. The predicted molar refractivity (Wildman–Crippen MR) is 71.7 cm³/mol. The van der Waals surface area contributed by atoms with Crippen molar-refractivity contribution in [2.75, 3.05) is 26.2 Å². The summed E-state index contributed by atoms with van der Waals surface area (Å²) >= 11 is 0. The lowest BCUT2D eigenvalue weighted by Crippen LogP contribution is -2.31. The van der Waals surface area contributed by atoms with Crippen molar-refractivity contribution in [2.45, 2.75) is 52.9 Å². The number of likely N-dealkylation sites (tertiary alicyclic amines) is 1. The van der Waals surface area contributed by atoms with E-state index in [1.54, 1.807) is 0 Å². The summed E-state index contributed by atoms with van der Waals surface area (Å²) in [5, 5.41) is 2.83. The van der Waals surface area contributed by atoms with E-state index in [-0.39, 0.29) is 7.33 Å². The van der Waals surface area contributed by atoms with E-state index >= 15 is 0 Å². The molecule has 1 N–H and O–H groups in total. The van der Waals surface area contributed by atoms with Crippen LogP contribution in [0, 0.1) is 0 Å². The monoisotopic (exact) mass is 230 g/mol. The van der Waals surface area contributed by atoms with Crippen LogP contribution in [0.3, 0.4) is 0 Å². The molecule has 3 nitrogen and oxygen atoms in total. The van der Waals surface area contributed by atoms with Crippen molar-refractivity contribution in [1.29, 1.82) is 0 Å². The number of hydrogen-bond donors (Lipinski definition) is 1. The molecule has 98 valence electrons. The Morgan fingerprint density at radius 2 is 1.88 bits per heavy atom. The van der Waals surface area contributed by atoms with E-state index in [4.69, 9.17) is 0 Å². The standard InChI is InChI=1S/C11H22N2O.C2H6.H2/c1-2-12-11(14)7-6-10-13-8-4-3-5-9-13;1-2;/h2-10H2,1H3,(H,12,14);1-2H3;1H. The van der Waals surface area contributed by atoms with Gasteiger partial charge in [-0.05, 0) is 45.8 Å². The van der Waals surface area contributed by atoms with Crippen LogP contribution in [0.4, 0.5) is 0 Å². The largest absolute Gasteiger partial charge is 0.356 e. The number of nitrogens with zero attached hydrogens (tertiary/aromatic N) is 1. The van der Waals surface area contributed by atoms with Crippen LogP contribution >= 0.6 is 0 Å². The van der Waals surface area contributed by atoms with Crippen molar-refractivity contribution in [2.24, 2.45) is 0 Å². The molecule has 1 amide bonds. The van der Waals surface area contributed by atoms with Gasteiger partial charge in [0.1, 0.15) is 0 Å². The van der Waals surface area contributed by atoms with Crippen molar-refractivity contribution < 1.29 is 6.22 Å². The molecule has 0 aliphatic carbocycles. The fourth-order valence-corrected chi connectivity index (χ4v) is 1.93. The van der Waals surface area contributed by atoms with Crippen LogP contribution in [0.25, 0.3) is 0 Å². The number of piperidine rings is 1. The SMILES string of the molecule is CC.CCNC(=O)CCCN1CCCCC1.[HH]. The molecule has 0 atom stereocenters. The molecule has 0 spiro atoms. The van der Waals surface area contributed by atoms with Crippen molar-refractivity contribution in [3.05, 3.63) is 0 Å². The first kappa shape index (κ1) is 15.4. The lowest BCUT2D eigenvalue weighted by Gasteiger charge is -2.26. The van der Waals surface area contributed by atoms with Gasteiger partial charge in [0, 0.05) is 14.4 Å². The highest BCUT2D eigenvalue weighted by Crippen LogP contribution is 2.09. The fourth-order valence-electron chi connectivity index (χ4n) is 1.93. The molecule has 0 bridgehead atoms. The van der Waals surface area contributed by atoms with Crippen molar-refractivity contribution in [3.8, 4) is 0 Å². The zero-order chi connectivity index (χ0) is 12.2. The van der Waals surface area contributed by atoms with Gasteiger partial charge in [-0.15, -0.1) is 0 Å². The van der Waals surface area contributed by atoms with E-state index in [9.17, 15) is 4.79 Å². The minimum absolute atomic E-state index is 0. The molecule has 1 aliphatic heterocycles. The predicted octanol–water partition coefficient (Wildman–Crippen LogP) is 2.66. The molecule has 16 heavy (non-hydrogen) atoms. The van der Waals surface area contributed by atoms with Gasteiger partial charge >= 0.3 is 0 Å². The number of carbonyl (C=O) groups is 1. The summed E-state index contributed by atoms with van der Waals surface area (Å²) in [5.41, 5.74) is 0. The zero-order valence-electron chi connectivity index (χ0n) is 11.2. The summed E-state index contributed by atoms with van der Waals surface area (Å²) in [7, 11) is 0. The molecule has 1 saturated heterocycles. The average molecular weight is 230 g/mol. The normalized spacial score (nSPS) is 16.2. The first-order valence-corrected chi connectivity index (χ1v) is 6.82. The maximum atomic E-state index is 11.2. The average Bonchev–Trinajstić information content (AvgIpc) is 2.33. The number of carbonyl (C=O) groups excluding carboxylic acids is 1. The first-order valence-electron chi connectivity index (χ1n) is 6.82. The molecule has 1 heterocycles. The number of amides is 1. The summed E-state index contributed by atoms with van der Waals surface area (Å²) in [6.07, 6.45) is 5.74. The van der Waals surface area contributed by atoms with Crippen LogP contribution < -0.4 is 5.32 Å². The van der Waals surface area contributed by atoms with E-state index < -0.39 is 0 Å². The molecule has 0 aromatic heterocycles. The van der Waals surface area contributed by atoms with E-state index in [0.717, 1.165) is 19.5 Å². The topological polar surface area (TPSA) is 32.3 Å². The molecule has 1 rings (SSSR count). The Hall–Kier alpha value is -0.570. The summed E-state index contributed by atoms with van der Waals surface area (Å²) in [6.45, 7) is 10.3. The van der Waals surface area contributed by atoms with Crippen LogP contribution in [-0.2, 0) is 4.79 Å². The molecule has 0 unspecified atom stereocenters. The van der Waals surface area contributed by atoms with E-state index in [1.807, 2.05) is 20.8 Å². The molecule has 0 radical (unpaired) electrons. The lowest BCUT2D eigenvalue weighted by molar-refractivity contribution is -0.121. The van der Waals surface area contributed by atoms with Crippen LogP contribution in [0.5, 0.6) is 0 Å². The third-order valence-corrected chi connectivity index (χ3v) is 2.70. The van der Waals surface area contributed by atoms with Gasteiger partial charge in [0.2, 0.25) is 5.91 Å². The maximum Gasteiger partial charge on any atom is 0.220 e. The number of nitrogens with one attached hydrogen (secondary N) is 1. The Morgan fingerprint density at radius 1 is 1.25 bits per heavy atom. The van der Waals surface area contributed by atoms with Gasteiger partial charge in [0.05, 0.1) is 0 Å². The second-order valence-corrected chi connectivity index (χ2v) is 3.96. The van der Waals surface area contributed by atoms with Gasteiger partial charge in [0.15, 0.2) is 0 Å². The minimum atomic E-state index is 0. The smallest absolute Gasteiger partial charge is 0.220 e. The van der Waals surface area contributed by atoms with Crippen LogP contribution in [0.2, 0.25) is 0 Å². The maximum absolute atomic E-state index is 11.2. The van der Waals surface area contributed by atoms with E-state index in [1.165, 1.54) is 32.4 Å². The van der Waals surface area contributed by atoms with Gasteiger partial charge in [0.25, 0.3) is 0 Å². The molecule has 3 heteroatoms. The third-order valence-electron chi connectivity index (χ3n) is 2.70. The van der Waals surface area contributed by atoms with Crippen LogP contribution in [0.15, 0.2) is 0 Å². The van der Waals surface area contributed by atoms with E-state index in [2.05, 4.69) is 10.2 Å². The van der Waals surface area contributed by atoms with Crippen molar-refractivity contribution in [1.82, 2.24) is 10.2 Å². The molecule has 0 aromatic rings. The van der Waals surface area contributed by atoms with Gasteiger partial charge in [-0.1, -0.05) is 20.3 Å². The van der Waals surface area contributed by atoms with Crippen LogP contribution in [0.1, 0.15) is 54.3 Å². The zero-order valence-corrected chi connectivity index (χ0v) is 11.2. The minimum Gasteiger partial charge on any atom is -0.356 e. The molecule has 0 aromatic carbocycles. The Kier molecular flexibility index (Phi) is 10.5. The molecule has 1 fully saturated rings. The van der Waals surface area contributed by atoms with Gasteiger partial charge < -0.3 is 10.2 Å². The molecule has 0 saturated carbocycles. The highest BCUT2D eigenvalue weighted by atomic mass is 16.1. The number of hydrogen-bond acceptors (Lipinski definition) is 2. The lowest BCUT2D eigenvalue weighted by atomic mass is 10.1. The summed E-state index contributed by atoms with van der Waals surface area (Å²) in [6, 6.07) is 0. The summed E-state index contributed by atoms with van der Waals surface area (Å²) in [5.74, 6) is 0.199. The third kappa shape index (κ3) is 7.69.